The lowest BCUT2D eigenvalue weighted by Crippen LogP contribution is -2.29. The quantitative estimate of drug-likeness (QED) is 0.558. The summed E-state index contributed by atoms with van der Waals surface area (Å²) in [6, 6.07) is 0. The van der Waals surface area contributed by atoms with E-state index in [1.54, 1.807) is 0 Å². The van der Waals surface area contributed by atoms with Crippen molar-refractivity contribution in [3.8, 4) is 0 Å². The van der Waals surface area contributed by atoms with E-state index in [9.17, 15) is 0 Å². The van der Waals surface area contributed by atoms with Gasteiger partial charge in [0, 0.05) is 13.1 Å². The number of hydrogen-bond acceptors (Lipinski definition) is 3. The zero-order valence-corrected chi connectivity index (χ0v) is 5.93. The van der Waals surface area contributed by atoms with Crippen molar-refractivity contribution in [2.24, 2.45) is 4.99 Å². The fraction of sp³-hybridized carbons (Fsp3) is 0.571. The van der Waals surface area contributed by atoms with Crippen molar-refractivity contribution >= 4 is 5.84 Å². The van der Waals surface area contributed by atoms with E-state index in [2.05, 4.69) is 16.9 Å². The maximum absolute atomic E-state index is 8.79. The van der Waals surface area contributed by atoms with E-state index in [-0.39, 0.29) is 5.76 Å². The first-order chi connectivity index (χ1) is 4.79. The van der Waals surface area contributed by atoms with Crippen molar-refractivity contribution in [3.05, 3.63) is 12.3 Å². The van der Waals surface area contributed by atoms with Crippen LogP contribution in [-0.2, 0) is 0 Å². The number of nitrogens with zero attached hydrogens (tertiary/aromatic N) is 1. The molecule has 0 aromatic heterocycles. The molecule has 1 heterocycles. The van der Waals surface area contributed by atoms with Gasteiger partial charge in [-0.2, -0.15) is 0 Å². The van der Waals surface area contributed by atoms with Crippen molar-refractivity contribution in [2.75, 3.05) is 13.1 Å². The first kappa shape index (κ1) is 7.12. The van der Waals surface area contributed by atoms with Crippen LogP contribution in [0.3, 0.4) is 0 Å². The van der Waals surface area contributed by atoms with Gasteiger partial charge in [0.2, 0.25) is 0 Å². The Kier molecular flexibility index (Phi) is 2.31. The highest BCUT2D eigenvalue weighted by Gasteiger charge is 2.03. The van der Waals surface area contributed by atoms with Crippen LogP contribution >= 0.6 is 0 Å². The van der Waals surface area contributed by atoms with E-state index < -0.39 is 0 Å². The minimum absolute atomic E-state index is 0.174. The van der Waals surface area contributed by atoms with Gasteiger partial charge >= 0.3 is 0 Å². The highest BCUT2D eigenvalue weighted by molar-refractivity contribution is 5.84. The average molecular weight is 140 g/mol. The highest BCUT2D eigenvalue weighted by atomic mass is 16.3. The first-order valence-corrected chi connectivity index (χ1v) is 3.43. The largest absolute Gasteiger partial charge is 0.512 e. The second-order valence-corrected chi connectivity index (χ2v) is 2.35. The average Bonchev–Trinajstić information content (AvgIpc) is 1.88. The molecule has 0 saturated carbocycles. The molecule has 3 heteroatoms. The van der Waals surface area contributed by atoms with Crippen LogP contribution < -0.4 is 5.32 Å². The van der Waals surface area contributed by atoms with E-state index >= 15 is 0 Å². The second-order valence-electron chi connectivity index (χ2n) is 2.35. The van der Waals surface area contributed by atoms with Gasteiger partial charge in [-0.1, -0.05) is 6.58 Å². The molecular weight excluding hydrogens is 128 g/mol. The molecule has 0 saturated heterocycles. The van der Waals surface area contributed by atoms with E-state index in [0.717, 1.165) is 25.3 Å². The van der Waals surface area contributed by atoms with Gasteiger partial charge in [0.05, 0.1) is 12.2 Å². The van der Waals surface area contributed by atoms with Gasteiger partial charge in [-0.3, -0.25) is 4.99 Å². The molecule has 0 bridgehead atoms. The molecule has 2 N–H and O–H groups in total. The van der Waals surface area contributed by atoms with Crippen LogP contribution in [0.1, 0.15) is 12.8 Å². The van der Waals surface area contributed by atoms with Gasteiger partial charge in [0.25, 0.3) is 0 Å². The first-order valence-electron chi connectivity index (χ1n) is 3.43. The van der Waals surface area contributed by atoms with Crippen LogP contribution in [-0.4, -0.2) is 24.0 Å². The fourth-order valence-electron chi connectivity index (χ4n) is 0.893. The Balaban J connectivity index is 2.38. The molecule has 0 aliphatic carbocycles. The topological polar surface area (TPSA) is 44.6 Å². The summed E-state index contributed by atoms with van der Waals surface area (Å²) < 4.78 is 0. The Labute approximate surface area is 60.5 Å². The van der Waals surface area contributed by atoms with Gasteiger partial charge in [-0.15, -0.1) is 0 Å². The zero-order chi connectivity index (χ0) is 7.40. The third kappa shape index (κ3) is 2.09. The number of hydrogen-bond donors (Lipinski definition) is 2. The lowest BCUT2D eigenvalue weighted by molar-refractivity contribution is 0.406. The Morgan fingerprint density at radius 1 is 1.80 bits per heavy atom. The molecule has 0 unspecified atom stereocenters. The second kappa shape index (κ2) is 3.25. The fourth-order valence-corrected chi connectivity index (χ4v) is 0.893. The van der Waals surface area contributed by atoms with Crippen molar-refractivity contribution < 1.29 is 5.11 Å². The van der Waals surface area contributed by atoms with Crippen LogP contribution in [0.5, 0.6) is 0 Å². The van der Waals surface area contributed by atoms with Crippen molar-refractivity contribution in [2.45, 2.75) is 12.8 Å². The molecular formula is C7H12N2O. The number of nitrogens with one attached hydrogen (secondary N) is 1. The highest BCUT2D eigenvalue weighted by Crippen LogP contribution is 1.97. The van der Waals surface area contributed by atoms with Crippen molar-refractivity contribution in [3.63, 3.8) is 0 Å². The molecule has 0 spiro atoms. The monoisotopic (exact) mass is 140 g/mol. The Morgan fingerprint density at radius 2 is 2.60 bits per heavy atom. The molecule has 0 fully saturated rings. The number of amidine groups is 1. The number of rotatable bonds is 2. The molecule has 56 valence electrons. The van der Waals surface area contributed by atoms with Gasteiger partial charge in [-0.25, -0.2) is 0 Å². The van der Waals surface area contributed by atoms with Gasteiger partial charge in [0.1, 0.15) is 5.84 Å². The summed E-state index contributed by atoms with van der Waals surface area (Å²) in [6.45, 7) is 5.22. The lowest BCUT2D eigenvalue weighted by Gasteiger charge is -2.13. The molecule has 1 aliphatic heterocycles. The summed E-state index contributed by atoms with van der Waals surface area (Å²) in [4.78, 5) is 4.15. The molecule has 10 heavy (non-hydrogen) atoms. The normalized spacial score (nSPS) is 17.4. The van der Waals surface area contributed by atoms with E-state index in [0.29, 0.717) is 6.42 Å². The van der Waals surface area contributed by atoms with Gasteiger partial charge in [0.15, 0.2) is 0 Å². The van der Waals surface area contributed by atoms with Crippen LogP contribution in [0.15, 0.2) is 17.3 Å². The maximum Gasteiger partial charge on any atom is 0.104 e. The smallest absolute Gasteiger partial charge is 0.104 e. The minimum Gasteiger partial charge on any atom is -0.512 e. The Hall–Kier alpha value is -0.990. The molecule has 0 amide bonds. The predicted octanol–water partition coefficient (Wildman–Crippen LogP) is 0.840. The van der Waals surface area contributed by atoms with Crippen molar-refractivity contribution in [1.29, 1.82) is 0 Å². The van der Waals surface area contributed by atoms with Crippen LogP contribution in [0, 0.1) is 0 Å². The number of aliphatic hydroxyl groups is 1. The van der Waals surface area contributed by atoms with E-state index in [1.807, 2.05) is 0 Å². The number of aliphatic imine (C=N–C) groups is 1. The summed E-state index contributed by atoms with van der Waals surface area (Å²) in [5.41, 5.74) is 0. The third-order valence-corrected chi connectivity index (χ3v) is 1.34. The van der Waals surface area contributed by atoms with Gasteiger partial charge < -0.3 is 10.4 Å². The number of aliphatic hydroxyl groups excluding tert-OH is 1. The maximum atomic E-state index is 8.79. The molecule has 3 nitrogen and oxygen atoms in total. The lowest BCUT2D eigenvalue weighted by atomic mass is 10.3. The molecule has 1 aliphatic rings. The standard InChI is InChI=1S/C7H12N2O/c1-6(10)5-7-8-3-2-4-9-7/h10H,1-5H2,(H,8,9). The molecule has 0 aromatic rings. The summed E-state index contributed by atoms with van der Waals surface area (Å²) >= 11 is 0. The van der Waals surface area contributed by atoms with Crippen LogP contribution in [0.25, 0.3) is 0 Å². The summed E-state index contributed by atoms with van der Waals surface area (Å²) in [7, 11) is 0. The SMILES string of the molecule is C=C(O)CC1=NCCCN1. The van der Waals surface area contributed by atoms with Crippen LogP contribution in [0.4, 0.5) is 0 Å². The van der Waals surface area contributed by atoms with E-state index in [4.69, 9.17) is 5.11 Å². The van der Waals surface area contributed by atoms with Crippen LogP contribution in [0.2, 0.25) is 0 Å². The Bertz CT molecular complexity index is 163. The zero-order valence-electron chi connectivity index (χ0n) is 5.93. The molecule has 0 aromatic carbocycles. The predicted molar refractivity (Wildman–Crippen MR) is 41.3 cm³/mol. The summed E-state index contributed by atoms with van der Waals surface area (Å²) in [6.07, 6.45) is 1.56. The minimum atomic E-state index is 0.174. The van der Waals surface area contributed by atoms with E-state index in [1.165, 1.54) is 0 Å². The molecule has 0 atom stereocenters. The third-order valence-electron chi connectivity index (χ3n) is 1.34. The summed E-state index contributed by atoms with van der Waals surface area (Å²) in [5, 5.41) is 11.9. The molecule has 0 radical (unpaired) electrons. The molecule has 1 rings (SSSR count). The van der Waals surface area contributed by atoms with Crippen molar-refractivity contribution in [1.82, 2.24) is 5.32 Å². The summed E-state index contributed by atoms with van der Waals surface area (Å²) in [5.74, 6) is 1.03. The van der Waals surface area contributed by atoms with Gasteiger partial charge in [-0.05, 0) is 6.42 Å². The Morgan fingerprint density at radius 3 is 3.10 bits per heavy atom.